The molecule has 1 aromatic carbocycles. The number of fused-ring (bicyclic) bond motifs is 3. The Kier molecular flexibility index (Phi) is 4.23. The highest BCUT2D eigenvalue weighted by Gasteiger charge is 2.35. The number of hydrogen-bond donors (Lipinski definition) is 1. The zero-order chi connectivity index (χ0) is 17.6. The lowest BCUT2D eigenvalue weighted by molar-refractivity contribution is -0.137. The summed E-state index contributed by atoms with van der Waals surface area (Å²) in [4.78, 5) is 18.0. The first-order valence-electron chi connectivity index (χ1n) is 7.33. The number of benzene rings is 1. The highest BCUT2D eigenvalue weighted by Crippen LogP contribution is 2.43. The van der Waals surface area contributed by atoms with Gasteiger partial charge in [0.05, 0.1) is 19.7 Å². The Morgan fingerprint density at radius 1 is 1.54 bits per heavy atom. The van der Waals surface area contributed by atoms with E-state index in [0.717, 1.165) is 5.56 Å². The minimum Gasteiger partial charge on any atom is -0.495 e. The number of pyridine rings is 1. The van der Waals surface area contributed by atoms with Gasteiger partial charge in [-0.3, -0.25) is 4.79 Å². The molecule has 0 spiro atoms. The third kappa shape index (κ3) is 2.35. The number of nitrogens with two attached hydrogens (primary N) is 1. The third-order valence-electron chi connectivity index (χ3n) is 4.33. The molecule has 1 amide bonds. The molecule has 2 N–H and O–H groups in total. The summed E-state index contributed by atoms with van der Waals surface area (Å²) in [7, 11) is 2.87. The number of rotatable bonds is 3. The minimum atomic E-state index is -0.686. The number of hydrogen-bond acceptors (Lipinski definition) is 5. The number of halogens is 2. The Morgan fingerprint density at radius 2 is 2.25 bits per heavy atom. The second-order valence-electron chi connectivity index (χ2n) is 5.62. The zero-order valence-electron chi connectivity index (χ0n) is 13.5. The van der Waals surface area contributed by atoms with E-state index in [1.807, 2.05) is 6.92 Å². The van der Waals surface area contributed by atoms with Gasteiger partial charge in [-0.2, -0.15) is 0 Å². The molecule has 1 aliphatic heterocycles. The van der Waals surface area contributed by atoms with Gasteiger partial charge < -0.3 is 20.1 Å². The largest absolute Gasteiger partial charge is 0.495 e. The molecule has 8 heteroatoms. The van der Waals surface area contributed by atoms with Crippen molar-refractivity contribution in [1.29, 1.82) is 0 Å². The summed E-state index contributed by atoms with van der Waals surface area (Å²) in [6.45, 7) is 2.13. The average molecular weight is 354 g/mol. The van der Waals surface area contributed by atoms with E-state index >= 15 is 0 Å². The van der Waals surface area contributed by atoms with Crippen LogP contribution in [0.4, 0.5) is 10.2 Å². The monoisotopic (exact) mass is 353 g/mol. The van der Waals surface area contributed by atoms with Crippen molar-refractivity contribution < 1.29 is 18.7 Å². The van der Waals surface area contributed by atoms with E-state index in [2.05, 4.69) is 4.98 Å². The molecule has 0 aliphatic carbocycles. The van der Waals surface area contributed by atoms with Crippen LogP contribution in [0.1, 0.15) is 24.1 Å². The summed E-state index contributed by atoms with van der Waals surface area (Å²) in [5.41, 5.74) is 7.55. The Labute approximate surface area is 143 Å². The molecule has 2 heterocycles. The molecule has 0 radical (unpaired) electrons. The maximum Gasteiger partial charge on any atom is 0.249 e. The van der Waals surface area contributed by atoms with E-state index < -0.39 is 5.82 Å². The molecule has 6 nitrogen and oxygen atoms in total. The Bertz CT molecular complexity index is 843. The molecular weight excluding hydrogens is 337 g/mol. The van der Waals surface area contributed by atoms with Crippen molar-refractivity contribution in [1.82, 2.24) is 9.88 Å². The molecule has 1 aromatic heterocycles. The fourth-order valence-electron chi connectivity index (χ4n) is 3.16. The molecule has 0 saturated heterocycles. The second kappa shape index (κ2) is 6.07. The Balaban J connectivity index is 2.24. The van der Waals surface area contributed by atoms with Crippen LogP contribution in [0.25, 0.3) is 10.9 Å². The molecular formula is C16H17ClFN3O3. The number of nitrogens with zero attached hydrogens (tertiary/aromatic N) is 2. The quantitative estimate of drug-likeness (QED) is 0.917. The minimum absolute atomic E-state index is 0.0346. The van der Waals surface area contributed by atoms with E-state index in [0.29, 0.717) is 17.5 Å². The van der Waals surface area contributed by atoms with E-state index in [1.54, 1.807) is 11.0 Å². The lowest BCUT2D eigenvalue weighted by Crippen LogP contribution is -2.31. The molecule has 24 heavy (non-hydrogen) atoms. The second-order valence-corrected chi connectivity index (χ2v) is 6.00. The van der Waals surface area contributed by atoms with Gasteiger partial charge >= 0.3 is 0 Å². The van der Waals surface area contributed by atoms with Crippen molar-refractivity contribution in [2.75, 3.05) is 26.6 Å². The van der Waals surface area contributed by atoms with E-state index in [4.69, 9.17) is 26.8 Å². The fourth-order valence-corrected chi connectivity index (χ4v) is 3.38. The molecule has 1 aliphatic rings. The zero-order valence-corrected chi connectivity index (χ0v) is 14.3. The average Bonchev–Trinajstić information content (AvgIpc) is 2.90. The van der Waals surface area contributed by atoms with Crippen LogP contribution in [0, 0.1) is 5.82 Å². The van der Waals surface area contributed by atoms with Crippen LogP contribution < -0.4 is 10.5 Å². The summed E-state index contributed by atoms with van der Waals surface area (Å²) in [5, 5.41) is 0.396. The molecule has 0 unspecified atom stereocenters. The van der Waals surface area contributed by atoms with E-state index in [-0.39, 0.29) is 40.7 Å². The van der Waals surface area contributed by atoms with Crippen molar-refractivity contribution in [3.8, 4) is 5.75 Å². The normalized spacial score (nSPS) is 16.5. The van der Waals surface area contributed by atoms with Crippen molar-refractivity contribution in [2.24, 2.45) is 0 Å². The standard InChI is InChI=1S/C16H17ClFN3O3/c1-7-12-8-4-10(24-3)13(17)14(18)15(8)20-16(19)9(12)5-21(7)11(22)6-23-2/h4,7H,5-6H2,1-3H3,(H2,19,20)/t7-/m0/s1. The number of ether oxygens (including phenoxy) is 2. The van der Waals surface area contributed by atoms with Gasteiger partial charge in [0.2, 0.25) is 5.91 Å². The number of amides is 1. The maximum absolute atomic E-state index is 14.6. The van der Waals surface area contributed by atoms with Crippen molar-refractivity contribution in [2.45, 2.75) is 19.5 Å². The first kappa shape index (κ1) is 16.7. The van der Waals surface area contributed by atoms with Crippen LogP contribution in [0.5, 0.6) is 5.75 Å². The van der Waals surface area contributed by atoms with E-state index in [1.165, 1.54) is 14.2 Å². The summed E-state index contributed by atoms with van der Waals surface area (Å²) in [6.07, 6.45) is 0. The van der Waals surface area contributed by atoms with Crippen LogP contribution in [0.3, 0.4) is 0 Å². The highest BCUT2D eigenvalue weighted by atomic mass is 35.5. The van der Waals surface area contributed by atoms with Gasteiger partial charge in [0.15, 0.2) is 5.82 Å². The number of methoxy groups -OCH3 is 2. The number of carbonyl (C=O) groups excluding carboxylic acids is 1. The van der Waals surface area contributed by atoms with Gasteiger partial charge in [-0.1, -0.05) is 11.6 Å². The molecule has 1 atom stereocenters. The summed E-state index contributed by atoms with van der Waals surface area (Å²) in [6, 6.07) is 1.34. The fraction of sp³-hybridized carbons (Fsp3) is 0.375. The van der Waals surface area contributed by atoms with E-state index in [9.17, 15) is 9.18 Å². The molecule has 0 fully saturated rings. The van der Waals surface area contributed by atoms with Crippen LogP contribution in [0.2, 0.25) is 5.02 Å². The van der Waals surface area contributed by atoms with Gasteiger partial charge in [-0.15, -0.1) is 0 Å². The van der Waals surface area contributed by atoms with Gasteiger partial charge in [0.25, 0.3) is 0 Å². The number of carbonyl (C=O) groups is 1. The lowest BCUT2D eigenvalue weighted by atomic mass is 10.00. The molecule has 3 rings (SSSR count). The maximum atomic E-state index is 14.6. The lowest BCUT2D eigenvalue weighted by Gasteiger charge is -2.22. The van der Waals surface area contributed by atoms with Crippen molar-refractivity contribution in [3.63, 3.8) is 0 Å². The number of anilines is 1. The van der Waals surface area contributed by atoms with Crippen LogP contribution in [-0.4, -0.2) is 36.6 Å². The Hall–Kier alpha value is -2.12. The summed E-state index contributed by atoms with van der Waals surface area (Å²) >= 11 is 5.97. The topological polar surface area (TPSA) is 77.7 Å². The Morgan fingerprint density at radius 3 is 2.88 bits per heavy atom. The number of nitrogen functional groups attached to an aromatic ring is 1. The molecule has 0 saturated carbocycles. The van der Waals surface area contributed by atoms with Crippen LogP contribution in [-0.2, 0) is 16.1 Å². The van der Waals surface area contributed by atoms with Crippen LogP contribution in [0.15, 0.2) is 6.07 Å². The van der Waals surface area contributed by atoms with Gasteiger partial charge in [0.1, 0.15) is 28.7 Å². The van der Waals surface area contributed by atoms with Crippen LogP contribution >= 0.6 is 11.6 Å². The SMILES string of the molecule is COCC(=O)N1Cc2c(N)nc3c(F)c(Cl)c(OC)cc3c2[C@@H]1C. The van der Waals surface area contributed by atoms with Crippen molar-refractivity contribution in [3.05, 3.63) is 28.0 Å². The predicted octanol–water partition coefficient (Wildman–Crippen LogP) is 2.67. The molecule has 128 valence electrons. The molecule has 0 bridgehead atoms. The first-order chi connectivity index (χ1) is 11.4. The number of aromatic nitrogens is 1. The van der Waals surface area contributed by atoms with Crippen molar-refractivity contribution >= 4 is 34.2 Å². The highest BCUT2D eigenvalue weighted by molar-refractivity contribution is 6.33. The van der Waals surface area contributed by atoms with Gasteiger partial charge in [-0.05, 0) is 18.6 Å². The smallest absolute Gasteiger partial charge is 0.249 e. The third-order valence-corrected chi connectivity index (χ3v) is 4.68. The molecule has 2 aromatic rings. The van der Waals surface area contributed by atoms with Gasteiger partial charge in [-0.25, -0.2) is 9.37 Å². The predicted molar refractivity (Wildman–Crippen MR) is 88.5 cm³/mol. The summed E-state index contributed by atoms with van der Waals surface area (Å²) < 4.78 is 24.6. The summed E-state index contributed by atoms with van der Waals surface area (Å²) in [5.74, 6) is -0.453. The van der Waals surface area contributed by atoms with Gasteiger partial charge in [0, 0.05) is 18.1 Å². The first-order valence-corrected chi connectivity index (χ1v) is 7.70.